The monoisotopic (exact) mass is 398 g/mol. The van der Waals surface area contributed by atoms with Crippen LogP contribution in [0.2, 0.25) is 5.02 Å². The lowest BCUT2D eigenvalue weighted by Gasteiger charge is -2.37. The SMILES string of the molecule is O=C(NC[C@H]([C@H]1CCOC1)N1CCOCC1)Nc1ccc([N+](=O)[O-])cc1Cl. The number of anilines is 1. The molecule has 2 aliphatic rings. The smallest absolute Gasteiger partial charge is 0.319 e. The summed E-state index contributed by atoms with van der Waals surface area (Å²) >= 11 is 6.02. The lowest BCUT2D eigenvalue weighted by Crippen LogP contribution is -2.52. The molecule has 2 atom stereocenters. The summed E-state index contributed by atoms with van der Waals surface area (Å²) in [6.07, 6.45) is 0.972. The maximum absolute atomic E-state index is 12.3. The highest BCUT2D eigenvalue weighted by Crippen LogP contribution is 2.26. The molecule has 1 aromatic carbocycles. The molecule has 10 heteroatoms. The van der Waals surface area contributed by atoms with Crippen molar-refractivity contribution in [2.24, 2.45) is 5.92 Å². The number of nitro groups is 1. The normalized spacial score (nSPS) is 21.6. The van der Waals surface area contributed by atoms with Crippen LogP contribution in [0.25, 0.3) is 0 Å². The molecule has 2 N–H and O–H groups in total. The molecule has 9 nitrogen and oxygen atoms in total. The van der Waals surface area contributed by atoms with Crippen LogP contribution in [-0.4, -0.2) is 68.0 Å². The summed E-state index contributed by atoms with van der Waals surface area (Å²) in [5, 5.41) is 16.4. The summed E-state index contributed by atoms with van der Waals surface area (Å²) in [6.45, 7) is 4.96. The van der Waals surface area contributed by atoms with E-state index < -0.39 is 11.0 Å². The fourth-order valence-electron chi connectivity index (χ4n) is 3.44. The highest BCUT2D eigenvalue weighted by Gasteiger charge is 2.31. The minimum absolute atomic E-state index is 0.119. The van der Waals surface area contributed by atoms with E-state index in [9.17, 15) is 14.9 Å². The molecular formula is C17H23ClN4O5. The zero-order chi connectivity index (χ0) is 19.2. The van der Waals surface area contributed by atoms with E-state index in [1.54, 1.807) is 0 Å². The first-order valence-electron chi connectivity index (χ1n) is 8.93. The van der Waals surface area contributed by atoms with Crippen molar-refractivity contribution in [2.45, 2.75) is 12.5 Å². The van der Waals surface area contributed by atoms with Gasteiger partial charge in [-0.2, -0.15) is 0 Å². The number of nitrogens with zero attached hydrogens (tertiary/aromatic N) is 2. The Bertz CT molecular complexity index is 677. The zero-order valence-electron chi connectivity index (χ0n) is 14.9. The number of non-ortho nitro benzene ring substituents is 1. The number of carbonyl (C=O) groups excluding carboxylic acids is 1. The Morgan fingerprint density at radius 1 is 1.33 bits per heavy atom. The number of urea groups is 1. The van der Waals surface area contributed by atoms with Crippen LogP contribution >= 0.6 is 11.6 Å². The second-order valence-corrected chi connectivity index (χ2v) is 7.00. The Hall–Kier alpha value is -1.94. The summed E-state index contributed by atoms with van der Waals surface area (Å²) in [6, 6.07) is 3.71. The van der Waals surface area contributed by atoms with E-state index in [1.807, 2.05) is 0 Å². The van der Waals surface area contributed by atoms with Crippen molar-refractivity contribution >= 4 is 29.0 Å². The summed E-state index contributed by atoms with van der Waals surface area (Å²) < 4.78 is 10.9. The number of halogens is 1. The number of morpholine rings is 1. The first-order chi connectivity index (χ1) is 13.0. The second kappa shape index (κ2) is 9.32. The van der Waals surface area contributed by atoms with E-state index in [0.717, 1.165) is 26.1 Å². The molecule has 0 aliphatic carbocycles. The lowest BCUT2D eigenvalue weighted by atomic mass is 9.97. The second-order valence-electron chi connectivity index (χ2n) is 6.60. The van der Waals surface area contributed by atoms with Crippen molar-refractivity contribution in [1.29, 1.82) is 0 Å². The molecule has 2 heterocycles. The Morgan fingerprint density at radius 3 is 2.74 bits per heavy atom. The van der Waals surface area contributed by atoms with Gasteiger partial charge in [0.1, 0.15) is 0 Å². The number of benzene rings is 1. The van der Waals surface area contributed by atoms with E-state index in [-0.39, 0.29) is 16.8 Å². The van der Waals surface area contributed by atoms with Crippen molar-refractivity contribution in [3.05, 3.63) is 33.3 Å². The number of carbonyl (C=O) groups is 1. The standard InChI is InChI=1S/C17H23ClN4O5/c18-14-9-13(22(24)25)1-2-15(14)20-17(23)19-10-16(12-3-6-27-11-12)21-4-7-26-8-5-21/h1-2,9,12,16H,3-8,10-11H2,(H2,19,20,23)/t12-,16+/m0/s1. The van der Waals surface area contributed by atoms with Gasteiger partial charge in [-0.1, -0.05) is 11.6 Å². The molecule has 2 aliphatic heterocycles. The average Bonchev–Trinajstić information content (AvgIpc) is 3.19. The summed E-state index contributed by atoms with van der Waals surface area (Å²) in [5.74, 6) is 0.367. The van der Waals surface area contributed by atoms with Crippen LogP contribution in [0.1, 0.15) is 6.42 Å². The molecule has 0 unspecified atom stereocenters. The fraction of sp³-hybridized carbons (Fsp3) is 0.588. The third kappa shape index (κ3) is 5.29. The van der Waals surface area contributed by atoms with E-state index in [4.69, 9.17) is 21.1 Å². The maximum atomic E-state index is 12.3. The molecule has 3 rings (SSSR count). The van der Waals surface area contributed by atoms with E-state index >= 15 is 0 Å². The van der Waals surface area contributed by atoms with Crippen molar-refractivity contribution < 1.29 is 19.2 Å². The van der Waals surface area contributed by atoms with Gasteiger partial charge in [-0.25, -0.2) is 4.79 Å². The molecule has 1 aromatic rings. The highest BCUT2D eigenvalue weighted by atomic mass is 35.5. The number of amides is 2. The molecule has 0 radical (unpaired) electrons. The summed E-state index contributed by atoms with van der Waals surface area (Å²) in [4.78, 5) is 24.9. The van der Waals surface area contributed by atoms with Gasteiger partial charge in [0.15, 0.2) is 0 Å². The van der Waals surface area contributed by atoms with Gasteiger partial charge in [0.25, 0.3) is 5.69 Å². The lowest BCUT2D eigenvalue weighted by molar-refractivity contribution is -0.384. The van der Waals surface area contributed by atoms with E-state index in [2.05, 4.69) is 15.5 Å². The van der Waals surface area contributed by atoms with E-state index in [1.165, 1.54) is 18.2 Å². The van der Waals surface area contributed by atoms with Gasteiger partial charge in [-0.05, 0) is 12.5 Å². The van der Waals surface area contributed by atoms with Crippen LogP contribution in [0.3, 0.4) is 0 Å². The van der Waals surface area contributed by atoms with Crippen LogP contribution in [0.4, 0.5) is 16.2 Å². The third-order valence-electron chi connectivity index (χ3n) is 4.91. The fourth-order valence-corrected chi connectivity index (χ4v) is 3.66. The molecule has 2 saturated heterocycles. The number of nitrogens with one attached hydrogen (secondary N) is 2. The maximum Gasteiger partial charge on any atom is 0.319 e. The molecule has 2 fully saturated rings. The van der Waals surface area contributed by atoms with Gasteiger partial charge in [-0.3, -0.25) is 15.0 Å². The minimum Gasteiger partial charge on any atom is -0.381 e. The Morgan fingerprint density at radius 2 is 2.11 bits per heavy atom. The molecule has 27 heavy (non-hydrogen) atoms. The topological polar surface area (TPSA) is 106 Å². The molecule has 0 bridgehead atoms. The van der Waals surface area contributed by atoms with Crippen molar-refractivity contribution in [3.63, 3.8) is 0 Å². The first kappa shape index (κ1) is 19.8. The highest BCUT2D eigenvalue weighted by molar-refractivity contribution is 6.33. The summed E-state index contributed by atoms with van der Waals surface area (Å²) in [7, 11) is 0. The van der Waals surface area contributed by atoms with Gasteiger partial charge >= 0.3 is 6.03 Å². The summed E-state index contributed by atoms with van der Waals surface area (Å²) in [5.41, 5.74) is 0.200. The minimum atomic E-state index is -0.535. The number of rotatable bonds is 6. The van der Waals surface area contributed by atoms with Gasteiger partial charge in [0.2, 0.25) is 0 Å². The number of hydrogen-bond acceptors (Lipinski definition) is 6. The Kier molecular flexibility index (Phi) is 6.84. The molecule has 148 valence electrons. The van der Waals surface area contributed by atoms with Crippen LogP contribution in [0, 0.1) is 16.0 Å². The number of nitro benzene ring substituents is 1. The number of ether oxygens (including phenoxy) is 2. The molecule has 0 spiro atoms. The van der Waals surface area contributed by atoms with Crippen LogP contribution < -0.4 is 10.6 Å². The van der Waals surface area contributed by atoms with Crippen molar-refractivity contribution in [1.82, 2.24) is 10.2 Å². The molecule has 2 amide bonds. The quantitative estimate of drug-likeness (QED) is 0.561. The van der Waals surface area contributed by atoms with Crippen molar-refractivity contribution in [3.8, 4) is 0 Å². The van der Waals surface area contributed by atoms with Crippen LogP contribution in [-0.2, 0) is 9.47 Å². The van der Waals surface area contributed by atoms with Crippen LogP contribution in [0.15, 0.2) is 18.2 Å². The predicted molar refractivity (Wildman–Crippen MR) is 100 cm³/mol. The van der Waals surface area contributed by atoms with Gasteiger partial charge in [0, 0.05) is 50.3 Å². The largest absolute Gasteiger partial charge is 0.381 e. The Balaban J connectivity index is 1.57. The zero-order valence-corrected chi connectivity index (χ0v) is 15.6. The first-order valence-corrected chi connectivity index (χ1v) is 9.30. The number of hydrogen-bond donors (Lipinski definition) is 2. The van der Waals surface area contributed by atoms with Crippen molar-refractivity contribution in [2.75, 3.05) is 51.4 Å². The molecule has 0 saturated carbocycles. The van der Waals surface area contributed by atoms with E-state index in [0.29, 0.717) is 38.0 Å². The average molecular weight is 399 g/mol. The third-order valence-corrected chi connectivity index (χ3v) is 5.22. The Labute approximate surface area is 162 Å². The van der Waals surface area contributed by atoms with Crippen LogP contribution in [0.5, 0.6) is 0 Å². The van der Waals surface area contributed by atoms with Gasteiger partial charge < -0.3 is 20.1 Å². The molecule has 0 aromatic heterocycles. The molecular weight excluding hydrogens is 376 g/mol. The van der Waals surface area contributed by atoms with Gasteiger partial charge in [0.05, 0.1) is 35.5 Å². The van der Waals surface area contributed by atoms with Gasteiger partial charge in [-0.15, -0.1) is 0 Å². The predicted octanol–water partition coefficient (Wildman–Crippen LogP) is 2.11.